The Hall–Kier alpha value is -4.87. The number of ether oxygens (including phenoxy) is 5. The molecule has 1 aliphatic heterocycles. The first-order valence-corrected chi connectivity index (χ1v) is 16.7. The highest BCUT2D eigenvalue weighted by atomic mass is 19.4. The summed E-state index contributed by atoms with van der Waals surface area (Å²) in [7, 11) is 3.39. The number of unbranched alkanes of at least 4 members (excludes halogenated alkanes) is 1. The second-order valence-corrected chi connectivity index (χ2v) is 11.5. The molecule has 52 heavy (non-hydrogen) atoms. The maximum absolute atomic E-state index is 12.4. The zero-order chi connectivity index (χ0) is 38.5. The molecule has 0 spiro atoms. The number of carbonyl (C=O) groups excluding carboxylic acids is 1. The molecule has 0 saturated heterocycles. The summed E-state index contributed by atoms with van der Waals surface area (Å²) in [5.41, 5.74) is 7.10. The minimum absolute atomic E-state index is 0.113. The van der Waals surface area contributed by atoms with E-state index >= 15 is 0 Å². The summed E-state index contributed by atoms with van der Waals surface area (Å²) in [4.78, 5) is 13.3. The van der Waals surface area contributed by atoms with Gasteiger partial charge in [-0.2, -0.15) is 13.2 Å². The number of aryl methyl sites for hydroxylation is 2. The average molecular weight is 738 g/mol. The number of nitrogens with zero attached hydrogens (tertiary/aromatic N) is 2. The van der Waals surface area contributed by atoms with Gasteiger partial charge in [0, 0.05) is 26.4 Å². The van der Waals surface area contributed by atoms with Crippen LogP contribution >= 0.6 is 0 Å². The molecule has 2 aromatic carbocycles. The lowest BCUT2D eigenvalue weighted by atomic mass is 10.0. The summed E-state index contributed by atoms with van der Waals surface area (Å²) < 4.78 is 69.4. The van der Waals surface area contributed by atoms with Gasteiger partial charge in [0.25, 0.3) is 5.91 Å². The van der Waals surface area contributed by atoms with Gasteiger partial charge < -0.3 is 44.2 Å². The van der Waals surface area contributed by atoms with E-state index in [1.807, 2.05) is 6.07 Å². The van der Waals surface area contributed by atoms with Crippen molar-refractivity contribution in [3.8, 4) is 11.5 Å². The van der Waals surface area contributed by atoms with Crippen LogP contribution in [-0.4, -0.2) is 81.8 Å². The van der Waals surface area contributed by atoms with Crippen molar-refractivity contribution in [3.05, 3.63) is 70.6 Å². The van der Waals surface area contributed by atoms with Crippen LogP contribution in [0, 0.1) is 17.7 Å². The minimum atomic E-state index is -4.40. The first kappa shape index (κ1) is 43.3. The second-order valence-electron chi connectivity index (χ2n) is 11.5. The van der Waals surface area contributed by atoms with Crippen LogP contribution in [0.15, 0.2) is 47.1 Å². The van der Waals surface area contributed by atoms with Crippen LogP contribution in [0.5, 0.6) is 11.5 Å². The highest BCUT2D eigenvalue weighted by molar-refractivity contribution is 6.04. The Balaban J connectivity index is 0.000000298. The molecule has 0 unspecified atom stereocenters. The van der Waals surface area contributed by atoms with E-state index in [-0.39, 0.29) is 23.2 Å². The monoisotopic (exact) mass is 737 g/mol. The number of aromatic nitrogens is 1. The Morgan fingerprint density at radius 2 is 1.54 bits per heavy atom. The maximum atomic E-state index is 12.4. The smallest absolute Gasteiger partial charge is 0.416 e. The Bertz CT molecular complexity index is 1530. The van der Waals surface area contributed by atoms with Crippen molar-refractivity contribution in [2.75, 3.05) is 59.2 Å². The molecule has 14 nitrogen and oxygen atoms in total. The zero-order valence-electron chi connectivity index (χ0n) is 30.3. The summed E-state index contributed by atoms with van der Waals surface area (Å²) in [5.74, 6) is 1.40. The lowest BCUT2D eigenvalue weighted by Gasteiger charge is -2.13. The third-order valence-corrected chi connectivity index (χ3v) is 7.02. The number of fused-ring (bicyclic) bond motifs is 1. The van der Waals surface area contributed by atoms with Crippen molar-refractivity contribution in [2.24, 2.45) is 5.73 Å². The van der Waals surface area contributed by atoms with Gasteiger partial charge in [0.15, 0.2) is 23.4 Å². The van der Waals surface area contributed by atoms with Crippen molar-refractivity contribution in [3.63, 3.8) is 0 Å². The number of anilines is 1. The molecule has 1 amide bonds. The van der Waals surface area contributed by atoms with E-state index in [0.29, 0.717) is 45.6 Å². The maximum Gasteiger partial charge on any atom is 0.416 e. The molecule has 0 aliphatic carbocycles. The topological polar surface area (TPSA) is 190 Å². The molecule has 0 saturated carbocycles. The fourth-order valence-electron chi connectivity index (χ4n) is 4.23. The van der Waals surface area contributed by atoms with E-state index in [1.165, 1.54) is 34.4 Å². The Labute approximate surface area is 302 Å². The van der Waals surface area contributed by atoms with E-state index < -0.39 is 17.6 Å². The van der Waals surface area contributed by atoms with Crippen molar-refractivity contribution in [2.45, 2.75) is 59.2 Å². The van der Waals surface area contributed by atoms with Crippen LogP contribution < -0.4 is 25.8 Å². The molecular weight excluding hydrogens is 687 g/mol. The Morgan fingerprint density at radius 3 is 2.04 bits per heavy atom. The highest BCUT2D eigenvalue weighted by Crippen LogP contribution is 2.35. The number of carbonyl (C=O) groups is 1. The lowest BCUT2D eigenvalue weighted by Crippen LogP contribution is -2.42. The molecule has 4 rings (SSSR count). The number of benzene rings is 2. The zero-order valence-corrected chi connectivity index (χ0v) is 30.3. The first-order chi connectivity index (χ1) is 24.8. The van der Waals surface area contributed by atoms with E-state index in [2.05, 4.69) is 35.7 Å². The normalized spacial score (nSPS) is 11.5. The van der Waals surface area contributed by atoms with Gasteiger partial charge in [0.1, 0.15) is 11.3 Å². The van der Waals surface area contributed by atoms with Crippen LogP contribution in [0.1, 0.15) is 65.9 Å². The number of hydrogen-bond donors (Lipinski definition) is 5. The van der Waals surface area contributed by atoms with Gasteiger partial charge in [-0.3, -0.25) is 20.9 Å². The number of nitrogens with one attached hydrogen (secondary N) is 4. The summed E-state index contributed by atoms with van der Waals surface area (Å²) >= 11 is 0. The van der Waals surface area contributed by atoms with Crippen LogP contribution in [0.4, 0.5) is 18.9 Å². The van der Waals surface area contributed by atoms with Crippen molar-refractivity contribution in [1.29, 1.82) is 10.8 Å². The molecule has 6 N–H and O–H groups in total. The molecule has 3 aromatic rings. The predicted octanol–water partition coefficient (Wildman–Crippen LogP) is 5.94. The minimum Gasteiger partial charge on any atom is -0.454 e. The molecule has 0 bridgehead atoms. The fraction of sp³-hybridized carbons (Fsp3) is 0.486. The highest BCUT2D eigenvalue weighted by Gasteiger charge is 2.30. The molecule has 1 aliphatic rings. The van der Waals surface area contributed by atoms with Crippen molar-refractivity contribution < 1.29 is 46.2 Å². The van der Waals surface area contributed by atoms with Crippen molar-refractivity contribution >= 4 is 23.5 Å². The van der Waals surface area contributed by atoms with Gasteiger partial charge >= 0.3 is 6.18 Å². The molecule has 0 radical (unpaired) electrons. The number of nitrogens with two attached hydrogens (primary N) is 1. The fourth-order valence-corrected chi connectivity index (χ4v) is 4.23. The summed E-state index contributed by atoms with van der Waals surface area (Å²) in [5, 5.41) is 22.0. The average Bonchev–Trinajstić information content (AvgIpc) is 3.74. The first-order valence-electron chi connectivity index (χ1n) is 16.7. The van der Waals surface area contributed by atoms with Crippen LogP contribution in [0.3, 0.4) is 0 Å². The summed E-state index contributed by atoms with van der Waals surface area (Å²) in [6.07, 6.45) is 1.23. The Morgan fingerprint density at radius 1 is 0.942 bits per heavy atom. The molecule has 2 heterocycles. The number of hydrogen-bond acceptors (Lipinski definition) is 10. The van der Waals surface area contributed by atoms with Crippen LogP contribution in [-0.2, 0) is 33.4 Å². The molecular formula is C35H50F3N7O7. The lowest BCUT2D eigenvalue weighted by molar-refractivity contribution is -0.137. The van der Waals surface area contributed by atoms with Gasteiger partial charge in [-0.05, 0) is 67.3 Å². The Kier molecular flexibility index (Phi) is 19.0. The van der Waals surface area contributed by atoms with Gasteiger partial charge in [-0.25, -0.2) is 0 Å². The van der Waals surface area contributed by atoms with E-state index in [4.69, 9.17) is 44.8 Å². The third kappa shape index (κ3) is 16.0. The van der Waals surface area contributed by atoms with Gasteiger partial charge in [0.05, 0.1) is 44.8 Å². The standard InChI is InChI=1S/C19H30O5.C12H9F3N2O2.C4H11N5/c1-3-5-7-20-8-9-21-10-11-22-14-17-13-19-18(23-15-24-19)12-16(17)6-4-2;1-7-10(6-16-19-7)11(18)17-9-4-2-8(3-5-9)12(13,14)15;1-9(2)4(7)8-3(5)6/h12-13H,3-11,14-15H2,1-2H3;2-6H,1H3,(H,17,18);1-2H3,(H5,5,6,7,8). The largest absolute Gasteiger partial charge is 0.454 e. The SMILES string of the molecule is CCCCOCCOCCOCc1cc2c(cc1CCC)OCO2.CN(C)C(=N)NC(=N)N.Cc1oncc1C(=O)Nc1ccc(C(F)(F)F)cc1. The second kappa shape index (κ2) is 22.8. The van der Waals surface area contributed by atoms with Crippen LogP contribution in [0.25, 0.3) is 0 Å². The number of alkyl halides is 3. The number of halogens is 3. The van der Waals surface area contributed by atoms with Crippen molar-refractivity contribution in [1.82, 2.24) is 15.4 Å². The molecule has 0 atom stereocenters. The quantitative estimate of drug-likeness (QED) is 0.0705. The van der Waals surface area contributed by atoms with Gasteiger partial charge in [-0.15, -0.1) is 0 Å². The predicted molar refractivity (Wildman–Crippen MR) is 190 cm³/mol. The number of amides is 1. The van der Waals surface area contributed by atoms with E-state index in [1.54, 1.807) is 21.0 Å². The summed E-state index contributed by atoms with van der Waals surface area (Å²) in [6.45, 7) is 10.0. The molecule has 0 fully saturated rings. The van der Waals surface area contributed by atoms with Crippen LogP contribution in [0.2, 0.25) is 0 Å². The molecule has 17 heteroatoms. The van der Waals surface area contributed by atoms with E-state index in [0.717, 1.165) is 55.9 Å². The number of rotatable bonds is 15. The van der Waals surface area contributed by atoms with Gasteiger partial charge in [-0.1, -0.05) is 31.8 Å². The van der Waals surface area contributed by atoms with Gasteiger partial charge in [0.2, 0.25) is 6.79 Å². The van der Waals surface area contributed by atoms with E-state index in [9.17, 15) is 18.0 Å². The third-order valence-electron chi connectivity index (χ3n) is 7.02. The molecule has 288 valence electrons. The molecule has 1 aromatic heterocycles. The number of guanidine groups is 2. The summed E-state index contributed by atoms with van der Waals surface area (Å²) in [6, 6.07) is 8.28.